The zero-order valence-electron chi connectivity index (χ0n) is 36.6. The molecule has 5 rings (SSSR count). The monoisotopic (exact) mass is 894 g/mol. The molecule has 64 heavy (non-hydrogen) atoms. The highest BCUT2D eigenvalue weighted by Gasteiger charge is 2.57. The van der Waals surface area contributed by atoms with Gasteiger partial charge < -0.3 is 64.6 Å². The summed E-state index contributed by atoms with van der Waals surface area (Å²) in [7, 11) is 1.18. The Morgan fingerprint density at radius 1 is 0.922 bits per heavy atom. The van der Waals surface area contributed by atoms with E-state index in [4.69, 9.17) is 28.4 Å². The van der Waals surface area contributed by atoms with Crippen LogP contribution in [0.25, 0.3) is 0 Å². The summed E-state index contributed by atoms with van der Waals surface area (Å²) in [6.45, 7) is 7.42. The zero-order chi connectivity index (χ0) is 46.3. The topological polar surface area (TPSA) is 256 Å². The molecule has 2 aliphatic carbocycles. The summed E-state index contributed by atoms with van der Waals surface area (Å²) in [6.07, 6.45) is 8.22. The second-order valence-electron chi connectivity index (χ2n) is 16.1. The fourth-order valence-electron chi connectivity index (χ4n) is 7.18. The number of esters is 2. The lowest BCUT2D eigenvalue weighted by Crippen LogP contribution is -2.49. The minimum absolute atomic E-state index is 0.0294. The van der Waals surface area contributed by atoms with E-state index in [2.05, 4.69) is 26.0 Å². The van der Waals surface area contributed by atoms with Crippen molar-refractivity contribution in [3.63, 3.8) is 0 Å². The number of methoxy groups -OCH3 is 1. The summed E-state index contributed by atoms with van der Waals surface area (Å²) in [5, 5.41) is 31.0. The van der Waals surface area contributed by atoms with Crippen molar-refractivity contribution >= 4 is 35.8 Å². The van der Waals surface area contributed by atoms with Gasteiger partial charge in [0.1, 0.15) is 35.8 Å². The van der Waals surface area contributed by atoms with Crippen LogP contribution in [0.2, 0.25) is 0 Å². The molecule has 6 N–H and O–H groups in total. The maximum atomic E-state index is 13.4. The third kappa shape index (κ3) is 13.4. The largest absolute Gasteiger partial charge is 0.512 e. The average molecular weight is 895 g/mol. The van der Waals surface area contributed by atoms with Gasteiger partial charge in [0.2, 0.25) is 17.7 Å². The second-order valence-corrected chi connectivity index (χ2v) is 16.1. The van der Waals surface area contributed by atoms with E-state index >= 15 is 0 Å². The first-order chi connectivity index (χ1) is 30.6. The van der Waals surface area contributed by atoms with Gasteiger partial charge in [-0.05, 0) is 70.7 Å². The maximum Gasteiger partial charge on any atom is 0.408 e. The van der Waals surface area contributed by atoms with Gasteiger partial charge in [0.15, 0.2) is 5.60 Å². The number of aliphatic hydroxyl groups excluding tert-OH is 1. The number of hydrogen-bond acceptors (Lipinski definition) is 15. The van der Waals surface area contributed by atoms with Gasteiger partial charge in [-0.3, -0.25) is 19.2 Å². The lowest BCUT2D eigenvalue weighted by Gasteiger charge is -2.43. The first-order valence-electron chi connectivity index (χ1n) is 21.2. The summed E-state index contributed by atoms with van der Waals surface area (Å²) in [4.78, 5) is 75.5. The van der Waals surface area contributed by atoms with E-state index in [1.807, 2.05) is 0 Å². The standard InChI is InChI=1S/C45H58N4O15/c1-44(2,3)64-43(57)49-35(41(55)48-27-39(53)58-4)14-15-38(52)46-16-6-18-59-20-22-61-23-21-60-19-7-17-47-40(54)28-8-5-9-31-34(24-28)45(63-42(31)56)32-12-10-29(50)25-36(32)62-37-26-30(51)11-13-33(37)45/h5,9-13,24-25,35,37,50-51H,6-8,14-23,26-27H2,1-4H3,(H,46,52)(H,47,54)(H,48,55)(H,49,57)/t35-,37?,45?/m0/s1. The molecule has 2 unspecified atom stereocenters. The van der Waals surface area contributed by atoms with E-state index in [1.165, 1.54) is 19.2 Å². The normalized spacial score (nSPS) is 19.0. The van der Waals surface area contributed by atoms with Gasteiger partial charge >= 0.3 is 18.0 Å². The highest BCUT2D eigenvalue weighted by molar-refractivity contribution is 6.01. The number of allylic oxidation sites excluding steroid dienone is 3. The minimum Gasteiger partial charge on any atom is -0.512 e. The van der Waals surface area contributed by atoms with E-state index in [0.717, 1.165) is 0 Å². The molecule has 19 nitrogen and oxygen atoms in total. The Morgan fingerprint density at radius 3 is 2.30 bits per heavy atom. The smallest absolute Gasteiger partial charge is 0.408 e. The number of alkyl carbamates (subject to hydrolysis) is 1. The highest BCUT2D eigenvalue weighted by Crippen LogP contribution is 2.57. The first kappa shape index (κ1) is 48.8. The van der Waals surface area contributed by atoms with E-state index < -0.39 is 53.8 Å². The summed E-state index contributed by atoms with van der Waals surface area (Å²) in [6, 6.07) is 3.45. The van der Waals surface area contributed by atoms with Crippen LogP contribution in [0.3, 0.4) is 0 Å². The number of phenols is 1. The molecule has 1 spiro atoms. The molecule has 2 heterocycles. The molecular weight excluding hydrogens is 837 g/mol. The zero-order valence-corrected chi connectivity index (χ0v) is 36.6. The van der Waals surface area contributed by atoms with Gasteiger partial charge in [0.25, 0.3) is 0 Å². The Kier molecular flexibility index (Phi) is 17.5. The van der Waals surface area contributed by atoms with Crippen molar-refractivity contribution < 1.29 is 72.1 Å². The highest BCUT2D eigenvalue weighted by atomic mass is 16.6. The third-order valence-electron chi connectivity index (χ3n) is 10.2. The van der Waals surface area contributed by atoms with Crippen molar-refractivity contribution in [1.82, 2.24) is 21.3 Å². The predicted molar refractivity (Wildman–Crippen MR) is 228 cm³/mol. The van der Waals surface area contributed by atoms with E-state index in [9.17, 15) is 39.0 Å². The van der Waals surface area contributed by atoms with Gasteiger partial charge in [0, 0.05) is 67.5 Å². The van der Waals surface area contributed by atoms with E-state index in [1.54, 1.807) is 57.2 Å². The number of aliphatic hydroxyl groups is 1. The maximum absolute atomic E-state index is 13.4. The van der Waals surface area contributed by atoms with Crippen molar-refractivity contribution in [1.29, 1.82) is 0 Å². The van der Waals surface area contributed by atoms with Crippen LogP contribution in [0.5, 0.6) is 11.5 Å². The molecule has 1 aromatic carbocycles. The van der Waals surface area contributed by atoms with Gasteiger partial charge in [-0.2, -0.15) is 0 Å². The molecule has 0 aromatic heterocycles. The predicted octanol–water partition coefficient (Wildman–Crippen LogP) is 2.89. The van der Waals surface area contributed by atoms with Crippen LogP contribution in [-0.4, -0.2) is 130 Å². The number of carbonyl (C=O) groups excluding carboxylic acids is 6. The Morgan fingerprint density at radius 2 is 1.61 bits per heavy atom. The van der Waals surface area contributed by atoms with Crippen molar-refractivity contribution in [3.8, 4) is 11.5 Å². The fraction of sp³-hybridized carbons (Fsp3) is 0.511. The Balaban J connectivity index is 0.939. The first-order valence-corrected chi connectivity index (χ1v) is 21.2. The molecule has 3 atom stereocenters. The SMILES string of the molecule is COC(=O)CNC(=O)[C@H](CCC(=O)NCCCOCCOCCOCCCNC(=O)C1=CC2=C(C=CC1)C(=O)OC21C2=CC=C(O)CC2Oc2cc(O)ccc21)NC(=O)OC(C)(C)C. The molecule has 0 bridgehead atoms. The molecular formula is C45H58N4O15. The summed E-state index contributed by atoms with van der Waals surface area (Å²) < 4.78 is 38.8. The number of carbonyl (C=O) groups is 6. The van der Waals surface area contributed by atoms with Crippen LogP contribution in [0.15, 0.2) is 76.6 Å². The summed E-state index contributed by atoms with van der Waals surface area (Å²) >= 11 is 0. The molecule has 1 aromatic rings. The van der Waals surface area contributed by atoms with Gasteiger partial charge in [0.05, 0.1) is 44.9 Å². The van der Waals surface area contributed by atoms with Gasteiger partial charge in [-0.15, -0.1) is 0 Å². The molecule has 0 radical (unpaired) electrons. The van der Waals surface area contributed by atoms with Crippen LogP contribution in [0.4, 0.5) is 4.79 Å². The molecule has 2 aliphatic heterocycles. The minimum atomic E-state index is -1.42. The van der Waals surface area contributed by atoms with Gasteiger partial charge in [-0.1, -0.05) is 18.2 Å². The molecule has 4 amide bonds. The number of benzene rings is 1. The molecule has 0 saturated carbocycles. The number of hydrogen-bond donors (Lipinski definition) is 6. The molecule has 4 aliphatic rings. The lowest BCUT2D eigenvalue weighted by atomic mass is 9.72. The summed E-state index contributed by atoms with van der Waals surface area (Å²) in [5.74, 6) is -2.14. The van der Waals surface area contributed by atoms with Gasteiger partial charge in [-0.25, -0.2) is 9.59 Å². The molecule has 19 heteroatoms. The lowest BCUT2D eigenvalue weighted by molar-refractivity contribution is -0.146. The van der Waals surface area contributed by atoms with Crippen molar-refractivity contribution in [2.24, 2.45) is 0 Å². The van der Waals surface area contributed by atoms with E-state index in [-0.39, 0.29) is 49.0 Å². The fourth-order valence-corrected chi connectivity index (χ4v) is 7.18. The van der Waals surface area contributed by atoms with Crippen LogP contribution >= 0.6 is 0 Å². The molecule has 348 valence electrons. The number of ether oxygens (including phenoxy) is 7. The third-order valence-corrected chi connectivity index (χ3v) is 10.2. The quantitative estimate of drug-likeness (QED) is 0.0556. The van der Waals surface area contributed by atoms with E-state index in [0.29, 0.717) is 99.2 Å². The number of nitrogens with one attached hydrogen (secondary N) is 4. The number of phenolic OH excluding ortho intramolecular Hbond substituents is 1. The number of amides is 4. The van der Waals surface area contributed by atoms with Crippen molar-refractivity contribution in [2.45, 2.75) is 82.6 Å². The second kappa shape index (κ2) is 23.0. The summed E-state index contributed by atoms with van der Waals surface area (Å²) in [5.41, 5.74) is 0.0971. The average Bonchev–Trinajstić information content (AvgIpc) is 3.35. The van der Waals surface area contributed by atoms with Crippen LogP contribution < -0.4 is 26.0 Å². The number of fused-ring (bicyclic) bond motifs is 5. The Labute approximate surface area is 371 Å². The molecule has 0 saturated heterocycles. The van der Waals surface area contributed by atoms with Crippen molar-refractivity contribution in [3.05, 3.63) is 82.2 Å². The van der Waals surface area contributed by atoms with Crippen LogP contribution in [0, 0.1) is 0 Å². The van der Waals surface area contributed by atoms with Crippen molar-refractivity contribution in [2.75, 3.05) is 66.4 Å². The van der Waals surface area contributed by atoms with Crippen LogP contribution in [-0.2, 0) is 58.0 Å². The number of aromatic hydroxyl groups is 1. The molecule has 0 fully saturated rings. The Bertz CT molecular complexity index is 2070. The number of rotatable bonds is 22. The van der Waals surface area contributed by atoms with Crippen LogP contribution in [0.1, 0.15) is 64.9 Å². The Hall–Kier alpha value is -6.18.